The summed E-state index contributed by atoms with van der Waals surface area (Å²) in [6.45, 7) is 0.393. The number of H-pyrrole nitrogens is 1. The van der Waals surface area contributed by atoms with Crippen molar-refractivity contribution < 1.29 is 4.79 Å². The third-order valence-corrected chi connectivity index (χ3v) is 3.53. The summed E-state index contributed by atoms with van der Waals surface area (Å²) in [5.41, 5.74) is 0.645. The molecule has 20 heavy (non-hydrogen) atoms. The first-order chi connectivity index (χ1) is 9.72. The van der Waals surface area contributed by atoms with Crippen LogP contribution in [0.1, 0.15) is 16.2 Å². The molecule has 0 saturated heterocycles. The number of aromatic amines is 1. The Morgan fingerprint density at radius 3 is 2.80 bits per heavy atom. The van der Waals surface area contributed by atoms with E-state index >= 15 is 0 Å². The highest BCUT2D eigenvalue weighted by atomic mass is 79.9. The molecule has 0 aliphatic carbocycles. The number of halogens is 1. The molecule has 4 nitrogen and oxygen atoms in total. The molecule has 3 rings (SSSR count). The predicted octanol–water partition coefficient (Wildman–Crippen LogP) is 3.26. The van der Waals surface area contributed by atoms with Gasteiger partial charge in [-0.25, -0.2) is 4.98 Å². The van der Waals surface area contributed by atoms with Gasteiger partial charge in [0.05, 0.1) is 6.54 Å². The first-order valence-electron chi connectivity index (χ1n) is 6.18. The summed E-state index contributed by atoms with van der Waals surface area (Å²) in [5.74, 6) is 0.634. The third-order valence-electron chi connectivity index (χ3n) is 3.04. The maximum Gasteiger partial charge on any atom is 0.251 e. The number of fused-ring (bicyclic) bond motifs is 1. The summed E-state index contributed by atoms with van der Waals surface area (Å²) in [5, 5.41) is 4.98. The van der Waals surface area contributed by atoms with Crippen LogP contribution in [0.15, 0.2) is 53.3 Å². The highest BCUT2D eigenvalue weighted by Crippen LogP contribution is 2.20. The van der Waals surface area contributed by atoms with Crippen molar-refractivity contribution in [2.24, 2.45) is 0 Å². The van der Waals surface area contributed by atoms with Crippen molar-refractivity contribution in [3.05, 3.63) is 64.7 Å². The molecule has 0 spiro atoms. The molecule has 5 heteroatoms. The van der Waals surface area contributed by atoms with E-state index in [4.69, 9.17) is 0 Å². The van der Waals surface area contributed by atoms with E-state index in [0.717, 1.165) is 21.1 Å². The van der Waals surface area contributed by atoms with Crippen LogP contribution in [0, 0.1) is 0 Å². The van der Waals surface area contributed by atoms with Gasteiger partial charge < -0.3 is 10.3 Å². The number of rotatable bonds is 3. The Balaban J connectivity index is 1.79. The Bertz CT molecular complexity index is 753. The molecule has 1 aromatic heterocycles. The minimum atomic E-state index is -0.105. The summed E-state index contributed by atoms with van der Waals surface area (Å²) in [7, 11) is 0. The van der Waals surface area contributed by atoms with E-state index in [1.165, 1.54) is 0 Å². The number of hydrogen-bond donors (Lipinski definition) is 2. The van der Waals surface area contributed by atoms with E-state index in [1.54, 1.807) is 12.4 Å². The van der Waals surface area contributed by atoms with Gasteiger partial charge in [0.15, 0.2) is 0 Å². The van der Waals surface area contributed by atoms with Gasteiger partial charge in [-0.05, 0) is 35.0 Å². The predicted molar refractivity (Wildman–Crippen MR) is 81.4 cm³/mol. The second-order valence-corrected chi connectivity index (χ2v) is 5.34. The second kappa shape index (κ2) is 5.46. The highest BCUT2D eigenvalue weighted by molar-refractivity contribution is 9.10. The van der Waals surface area contributed by atoms with Crippen molar-refractivity contribution in [1.29, 1.82) is 0 Å². The largest absolute Gasteiger partial charge is 0.347 e. The number of nitrogens with one attached hydrogen (secondary N) is 2. The minimum absolute atomic E-state index is 0.105. The average molecular weight is 330 g/mol. The number of benzene rings is 2. The Labute approximate surface area is 124 Å². The lowest BCUT2D eigenvalue weighted by Gasteiger charge is -2.05. The van der Waals surface area contributed by atoms with Crippen LogP contribution in [-0.4, -0.2) is 15.9 Å². The minimum Gasteiger partial charge on any atom is -0.347 e. The standard InChI is InChI=1S/C15H12BrN3O/c16-13-4-3-10-7-12(2-1-11(10)8-13)15(20)19-9-14-17-5-6-18-14/h1-8H,9H2,(H,17,18)(H,19,20). The number of carbonyl (C=O) groups is 1. The molecule has 0 aliphatic rings. The van der Waals surface area contributed by atoms with Crippen LogP contribution in [0.4, 0.5) is 0 Å². The third kappa shape index (κ3) is 2.72. The van der Waals surface area contributed by atoms with Crippen LogP contribution in [0.3, 0.4) is 0 Å². The van der Waals surface area contributed by atoms with Crippen LogP contribution >= 0.6 is 15.9 Å². The zero-order valence-corrected chi connectivity index (χ0v) is 12.1. The maximum atomic E-state index is 12.1. The summed E-state index contributed by atoms with van der Waals surface area (Å²) in [6.07, 6.45) is 3.39. The van der Waals surface area contributed by atoms with E-state index in [-0.39, 0.29) is 5.91 Å². The molecule has 1 amide bonds. The van der Waals surface area contributed by atoms with Crippen LogP contribution < -0.4 is 5.32 Å². The molecular formula is C15H12BrN3O. The number of imidazole rings is 1. The molecule has 0 unspecified atom stereocenters. The molecule has 3 aromatic rings. The average Bonchev–Trinajstić information content (AvgIpc) is 2.97. The number of aromatic nitrogens is 2. The Morgan fingerprint density at radius 2 is 2.00 bits per heavy atom. The Kier molecular flexibility index (Phi) is 3.52. The van der Waals surface area contributed by atoms with Gasteiger partial charge in [0.25, 0.3) is 5.91 Å². The Morgan fingerprint density at radius 1 is 1.20 bits per heavy atom. The van der Waals surface area contributed by atoms with Crippen LogP contribution in [0.2, 0.25) is 0 Å². The summed E-state index contributed by atoms with van der Waals surface area (Å²) in [6, 6.07) is 11.6. The molecule has 0 saturated carbocycles. The maximum absolute atomic E-state index is 12.1. The number of amides is 1. The SMILES string of the molecule is O=C(NCc1ncc[nH]1)c1ccc2cc(Br)ccc2c1. The molecule has 0 fully saturated rings. The van der Waals surface area contributed by atoms with Crippen LogP contribution in [-0.2, 0) is 6.54 Å². The van der Waals surface area contributed by atoms with E-state index in [1.807, 2.05) is 36.4 Å². The first kappa shape index (κ1) is 12.9. The van der Waals surface area contributed by atoms with Crippen LogP contribution in [0.5, 0.6) is 0 Å². The quantitative estimate of drug-likeness (QED) is 0.774. The van der Waals surface area contributed by atoms with Crippen LogP contribution in [0.25, 0.3) is 10.8 Å². The van der Waals surface area contributed by atoms with Crippen molar-refractivity contribution >= 4 is 32.6 Å². The topological polar surface area (TPSA) is 57.8 Å². The van der Waals surface area contributed by atoms with E-state index in [0.29, 0.717) is 12.1 Å². The molecule has 0 radical (unpaired) electrons. The monoisotopic (exact) mass is 329 g/mol. The number of nitrogens with zero attached hydrogens (tertiary/aromatic N) is 1. The lowest BCUT2D eigenvalue weighted by molar-refractivity contribution is 0.0950. The lowest BCUT2D eigenvalue weighted by Crippen LogP contribution is -2.23. The zero-order chi connectivity index (χ0) is 13.9. The van der Waals surface area contributed by atoms with Gasteiger partial charge >= 0.3 is 0 Å². The highest BCUT2D eigenvalue weighted by Gasteiger charge is 2.07. The van der Waals surface area contributed by atoms with Crippen molar-refractivity contribution in [2.45, 2.75) is 6.54 Å². The fourth-order valence-corrected chi connectivity index (χ4v) is 2.40. The molecule has 1 heterocycles. The van der Waals surface area contributed by atoms with Gasteiger partial charge in [-0.2, -0.15) is 0 Å². The lowest BCUT2D eigenvalue weighted by atomic mass is 10.1. The van der Waals surface area contributed by atoms with Gasteiger partial charge in [-0.3, -0.25) is 4.79 Å². The van der Waals surface area contributed by atoms with E-state index in [9.17, 15) is 4.79 Å². The van der Waals surface area contributed by atoms with Gasteiger partial charge in [-0.15, -0.1) is 0 Å². The summed E-state index contributed by atoms with van der Waals surface area (Å²) in [4.78, 5) is 19.1. The number of carbonyl (C=O) groups excluding carboxylic acids is 1. The normalized spacial score (nSPS) is 10.7. The van der Waals surface area contributed by atoms with Crippen molar-refractivity contribution in [3.63, 3.8) is 0 Å². The van der Waals surface area contributed by atoms with Gasteiger partial charge in [-0.1, -0.05) is 28.1 Å². The van der Waals surface area contributed by atoms with Crippen molar-refractivity contribution in [1.82, 2.24) is 15.3 Å². The molecule has 0 atom stereocenters. The number of hydrogen-bond acceptors (Lipinski definition) is 2. The van der Waals surface area contributed by atoms with Crippen molar-refractivity contribution in [3.8, 4) is 0 Å². The smallest absolute Gasteiger partial charge is 0.251 e. The van der Waals surface area contributed by atoms with Gasteiger partial charge in [0, 0.05) is 22.4 Å². The molecular weight excluding hydrogens is 318 g/mol. The molecule has 2 aromatic carbocycles. The molecule has 0 bridgehead atoms. The first-order valence-corrected chi connectivity index (χ1v) is 6.97. The van der Waals surface area contributed by atoms with E-state index in [2.05, 4.69) is 31.2 Å². The fourth-order valence-electron chi connectivity index (χ4n) is 2.02. The summed E-state index contributed by atoms with van der Waals surface area (Å²) >= 11 is 3.44. The van der Waals surface area contributed by atoms with Gasteiger partial charge in [0.2, 0.25) is 0 Å². The van der Waals surface area contributed by atoms with Gasteiger partial charge in [0.1, 0.15) is 5.82 Å². The zero-order valence-electron chi connectivity index (χ0n) is 10.6. The second-order valence-electron chi connectivity index (χ2n) is 4.42. The Hall–Kier alpha value is -2.14. The van der Waals surface area contributed by atoms with E-state index < -0.39 is 0 Å². The van der Waals surface area contributed by atoms with Crippen molar-refractivity contribution in [2.75, 3.05) is 0 Å². The summed E-state index contributed by atoms with van der Waals surface area (Å²) < 4.78 is 1.03. The molecule has 0 aliphatic heterocycles. The molecule has 100 valence electrons. The fraction of sp³-hybridized carbons (Fsp3) is 0.0667. The molecule has 2 N–H and O–H groups in total.